The van der Waals surface area contributed by atoms with Crippen molar-refractivity contribution in [2.75, 3.05) is 44.2 Å². The highest BCUT2D eigenvalue weighted by Gasteiger charge is 2.33. The van der Waals surface area contributed by atoms with E-state index in [4.69, 9.17) is 0 Å². The maximum atomic E-state index is 12.9. The lowest BCUT2D eigenvalue weighted by Gasteiger charge is -2.38. The van der Waals surface area contributed by atoms with Gasteiger partial charge in [-0.2, -0.15) is 0 Å². The van der Waals surface area contributed by atoms with E-state index in [1.165, 1.54) is 0 Å². The Morgan fingerprint density at radius 3 is 2.45 bits per heavy atom. The van der Waals surface area contributed by atoms with Crippen LogP contribution in [0.2, 0.25) is 0 Å². The number of rotatable bonds is 5. The maximum Gasteiger partial charge on any atom is 0.237 e. The highest BCUT2D eigenvalue weighted by molar-refractivity contribution is 5.89. The Morgan fingerprint density at radius 2 is 1.72 bits per heavy atom. The lowest BCUT2D eigenvalue weighted by atomic mass is 10.1. The molecule has 1 atom stereocenters. The summed E-state index contributed by atoms with van der Waals surface area (Å²) in [6.07, 6.45) is 3.81. The van der Waals surface area contributed by atoms with Crippen LogP contribution in [-0.2, 0) is 16.1 Å². The molecule has 0 saturated carbocycles. The first-order valence-electron chi connectivity index (χ1n) is 10.2. The molecule has 2 aliphatic rings. The third-order valence-corrected chi connectivity index (χ3v) is 5.70. The van der Waals surface area contributed by atoms with Gasteiger partial charge in [0.2, 0.25) is 11.8 Å². The average Bonchev–Trinajstić information content (AvgIpc) is 2.77. The molecule has 152 valence electrons. The van der Waals surface area contributed by atoms with Crippen LogP contribution < -0.4 is 10.2 Å². The normalized spacial score (nSPS) is 20.4. The summed E-state index contributed by atoms with van der Waals surface area (Å²) in [6, 6.07) is 13.7. The Bertz CT molecular complexity index is 822. The van der Waals surface area contributed by atoms with E-state index >= 15 is 0 Å². The number of nitrogens with one attached hydrogen (secondary N) is 1. The zero-order valence-electron chi connectivity index (χ0n) is 16.5. The van der Waals surface area contributed by atoms with E-state index in [0.717, 1.165) is 30.9 Å². The molecule has 2 amide bonds. The summed E-state index contributed by atoms with van der Waals surface area (Å²) in [5.41, 5.74) is 2.29. The largest absolute Gasteiger partial charge is 0.368 e. The van der Waals surface area contributed by atoms with Crippen LogP contribution in [0.25, 0.3) is 0 Å². The topological polar surface area (TPSA) is 68.8 Å². The number of piperazine rings is 2. The van der Waals surface area contributed by atoms with Crippen LogP contribution in [0.3, 0.4) is 0 Å². The predicted molar refractivity (Wildman–Crippen MR) is 111 cm³/mol. The van der Waals surface area contributed by atoms with Crippen molar-refractivity contribution in [1.82, 2.24) is 20.1 Å². The minimum Gasteiger partial charge on any atom is -0.368 e. The minimum absolute atomic E-state index is 0.0454. The number of benzene rings is 1. The second-order valence-corrected chi connectivity index (χ2v) is 7.54. The molecule has 1 unspecified atom stereocenters. The summed E-state index contributed by atoms with van der Waals surface area (Å²) in [5.74, 6) is 0.00967. The molecule has 7 nitrogen and oxygen atoms in total. The highest BCUT2D eigenvalue weighted by atomic mass is 16.2. The van der Waals surface area contributed by atoms with Crippen LogP contribution in [-0.4, -0.2) is 71.9 Å². The van der Waals surface area contributed by atoms with Crippen molar-refractivity contribution in [1.29, 1.82) is 0 Å². The summed E-state index contributed by atoms with van der Waals surface area (Å²) >= 11 is 0. The van der Waals surface area contributed by atoms with Crippen LogP contribution in [0.15, 0.2) is 54.9 Å². The molecular formula is C22H27N5O2. The molecule has 0 radical (unpaired) electrons. The van der Waals surface area contributed by atoms with E-state index in [2.05, 4.69) is 32.2 Å². The van der Waals surface area contributed by atoms with Crippen LogP contribution in [0, 0.1) is 0 Å². The van der Waals surface area contributed by atoms with Crippen molar-refractivity contribution in [2.24, 2.45) is 0 Å². The summed E-state index contributed by atoms with van der Waals surface area (Å²) in [5, 5.41) is 2.92. The molecule has 4 rings (SSSR count). The van der Waals surface area contributed by atoms with E-state index in [9.17, 15) is 9.59 Å². The minimum atomic E-state index is -0.408. The fourth-order valence-corrected chi connectivity index (χ4v) is 4.05. The molecule has 2 aliphatic heterocycles. The average molecular weight is 393 g/mol. The molecule has 2 saturated heterocycles. The zero-order chi connectivity index (χ0) is 20.1. The number of carbonyl (C=O) groups excluding carboxylic acids is 2. The number of amides is 2. The predicted octanol–water partition coefficient (Wildman–Crippen LogP) is 1.12. The standard InChI is InChI=1S/C22H27N5O2/c28-21(26-14-12-25(13-15-26)19-6-8-23-9-7-19)16-20-22(29)24-10-11-27(20)17-18-4-2-1-3-5-18/h1-9,20H,10-17H2,(H,24,29). The molecule has 1 N–H and O–H groups in total. The summed E-state index contributed by atoms with van der Waals surface area (Å²) in [7, 11) is 0. The molecule has 0 aliphatic carbocycles. The van der Waals surface area contributed by atoms with E-state index in [-0.39, 0.29) is 18.2 Å². The van der Waals surface area contributed by atoms with Crippen molar-refractivity contribution in [2.45, 2.75) is 19.0 Å². The van der Waals surface area contributed by atoms with Crippen molar-refractivity contribution in [3.05, 3.63) is 60.4 Å². The maximum absolute atomic E-state index is 12.9. The molecule has 3 heterocycles. The van der Waals surface area contributed by atoms with Crippen molar-refractivity contribution in [3.63, 3.8) is 0 Å². The quantitative estimate of drug-likeness (QED) is 0.825. The van der Waals surface area contributed by atoms with Crippen LogP contribution in [0.4, 0.5) is 5.69 Å². The first-order chi connectivity index (χ1) is 14.2. The lowest BCUT2D eigenvalue weighted by molar-refractivity contribution is -0.139. The van der Waals surface area contributed by atoms with E-state index in [1.54, 1.807) is 12.4 Å². The second-order valence-electron chi connectivity index (χ2n) is 7.54. The van der Waals surface area contributed by atoms with Gasteiger partial charge in [0.1, 0.15) is 0 Å². The Labute approximate surface area is 171 Å². The monoisotopic (exact) mass is 393 g/mol. The number of anilines is 1. The molecule has 2 aromatic rings. The first-order valence-corrected chi connectivity index (χ1v) is 10.2. The summed E-state index contributed by atoms with van der Waals surface area (Å²) in [6.45, 7) is 5.00. The fourth-order valence-electron chi connectivity index (χ4n) is 4.05. The zero-order valence-corrected chi connectivity index (χ0v) is 16.5. The number of carbonyl (C=O) groups is 2. The number of hydrogen-bond donors (Lipinski definition) is 1. The smallest absolute Gasteiger partial charge is 0.237 e. The summed E-state index contributed by atoms with van der Waals surface area (Å²) < 4.78 is 0. The van der Waals surface area contributed by atoms with Crippen molar-refractivity contribution in [3.8, 4) is 0 Å². The van der Waals surface area contributed by atoms with Crippen LogP contribution >= 0.6 is 0 Å². The Morgan fingerprint density at radius 1 is 1.00 bits per heavy atom. The molecule has 0 spiro atoms. The first kappa shape index (κ1) is 19.4. The highest BCUT2D eigenvalue weighted by Crippen LogP contribution is 2.18. The summed E-state index contributed by atoms with van der Waals surface area (Å²) in [4.78, 5) is 35.8. The number of pyridine rings is 1. The molecule has 7 heteroatoms. The van der Waals surface area contributed by atoms with Gasteiger partial charge in [-0.05, 0) is 17.7 Å². The SMILES string of the molecule is O=C1NCCN(Cc2ccccc2)C1CC(=O)N1CCN(c2ccncc2)CC1. The van der Waals surface area contributed by atoms with Gasteiger partial charge in [-0.1, -0.05) is 30.3 Å². The molecular weight excluding hydrogens is 366 g/mol. The van der Waals surface area contributed by atoms with Gasteiger partial charge in [0.15, 0.2) is 0 Å². The molecule has 29 heavy (non-hydrogen) atoms. The van der Waals surface area contributed by atoms with Gasteiger partial charge in [-0.25, -0.2) is 0 Å². The lowest BCUT2D eigenvalue weighted by Crippen LogP contribution is -2.57. The van der Waals surface area contributed by atoms with Crippen molar-refractivity contribution >= 4 is 17.5 Å². The van der Waals surface area contributed by atoms with Crippen LogP contribution in [0.1, 0.15) is 12.0 Å². The van der Waals surface area contributed by atoms with Gasteiger partial charge in [-0.3, -0.25) is 19.5 Å². The molecule has 0 bridgehead atoms. The molecule has 1 aromatic heterocycles. The van der Waals surface area contributed by atoms with Gasteiger partial charge in [-0.15, -0.1) is 0 Å². The van der Waals surface area contributed by atoms with E-state index < -0.39 is 6.04 Å². The molecule has 2 fully saturated rings. The van der Waals surface area contributed by atoms with Crippen LogP contribution in [0.5, 0.6) is 0 Å². The number of nitrogens with zero attached hydrogens (tertiary/aromatic N) is 4. The third kappa shape index (κ3) is 4.74. The van der Waals surface area contributed by atoms with Gasteiger partial charge < -0.3 is 15.1 Å². The third-order valence-electron chi connectivity index (χ3n) is 5.70. The van der Waals surface area contributed by atoms with Gasteiger partial charge in [0.05, 0.1) is 12.5 Å². The Hall–Kier alpha value is -2.93. The van der Waals surface area contributed by atoms with E-state index in [0.29, 0.717) is 26.2 Å². The van der Waals surface area contributed by atoms with Gasteiger partial charge in [0, 0.05) is 63.9 Å². The number of aromatic nitrogens is 1. The Balaban J connectivity index is 1.35. The number of hydrogen-bond acceptors (Lipinski definition) is 5. The Kier molecular flexibility index (Phi) is 6.05. The fraction of sp³-hybridized carbons (Fsp3) is 0.409. The van der Waals surface area contributed by atoms with Gasteiger partial charge >= 0.3 is 0 Å². The van der Waals surface area contributed by atoms with Gasteiger partial charge in [0.25, 0.3) is 0 Å². The van der Waals surface area contributed by atoms with E-state index in [1.807, 2.05) is 35.2 Å². The second kappa shape index (κ2) is 9.05. The molecule has 1 aromatic carbocycles. The van der Waals surface area contributed by atoms with Crippen molar-refractivity contribution < 1.29 is 9.59 Å².